The highest BCUT2D eigenvalue weighted by molar-refractivity contribution is 9.08. The summed E-state index contributed by atoms with van der Waals surface area (Å²) in [7, 11) is 1.28. The molecule has 0 aromatic heterocycles. The van der Waals surface area contributed by atoms with E-state index in [1.807, 2.05) is 42.2 Å². The lowest BCUT2D eigenvalue weighted by Gasteiger charge is -2.26. The van der Waals surface area contributed by atoms with Crippen LogP contribution in [0.25, 0.3) is 6.08 Å². The third kappa shape index (κ3) is 5.10. The molecular weight excluding hydrogens is 336 g/mol. The van der Waals surface area contributed by atoms with E-state index in [4.69, 9.17) is 4.74 Å². The van der Waals surface area contributed by atoms with Gasteiger partial charge < -0.3 is 9.47 Å². The second kappa shape index (κ2) is 9.47. The predicted molar refractivity (Wildman–Crippen MR) is 85.2 cm³/mol. The molecule has 0 amide bonds. The largest absolute Gasteiger partial charge is 0.468 e. The molecule has 21 heavy (non-hydrogen) atoms. The minimum atomic E-state index is -0.848. The van der Waals surface area contributed by atoms with Crippen molar-refractivity contribution in [1.82, 2.24) is 0 Å². The van der Waals surface area contributed by atoms with Crippen molar-refractivity contribution in [3.05, 3.63) is 42.0 Å². The average molecular weight is 355 g/mol. The number of hydrogen-bond acceptors (Lipinski definition) is 4. The van der Waals surface area contributed by atoms with E-state index < -0.39 is 18.0 Å². The Labute approximate surface area is 133 Å². The quantitative estimate of drug-likeness (QED) is 0.475. The molecule has 114 valence electrons. The summed E-state index contributed by atoms with van der Waals surface area (Å²) >= 11 is 2.94. The van der Waals surface area contributed by atoms with Crippen molar-refractivity contribution in [3.63, 3.8) is 0 Å². The number of methoxy groups -OCH3 is 1. The normalized spacial score (nSPS) is 21.6. The number of hydrogen-bond donors (Lipinski definition) is 0. The van der Waals surface area contributed by atoms with Crippen LogP contribution in [-0.2, 0) is 19.1 Å². The highest BCUT2D eigenvalue weighted by Gasteiger charge is 2.37. The number of alkyl halides is 1. The SMILES string of the molecule is CBr.COC(=O)[C@H]1C(=O)CCO[C@@H]1/C=C/c1ccccc1. The lowest BCUT2D eigenvalue weighted by Crippen LogP contribution is -2.41. The topological polar surface area (TPSA) is 52.6 Å². The van der Waals surface area contributed by atoms with Gasteiger partial charge in [-0.05, 0) is 11.4 Å². The molecule has 1 heterocycles. The Kier molecular flexibility index (Phi) is 7.93. The van der Waals surface area contributed by atoms with Crippen LogP contribution in [0.15, 0.2) is 36.4 Å². The number of Topliss-reactive ketones (excluding diaryl/α,β-unsaturated/α-hetero) is 1. The molecule has 5 heteroatoms. The number of ketones is 1. The maximum atomic E-state index is 11.8. The van der Waals surface area contributed by atoms with Crippen molar-refractivity contribution in [1.29, 1.82) is 0 Å². The minimum Gasteiger partial charge on any atom is -0.468 e. The summed E-state index contributed by atoms with van der Waals surface area (Å²) in [5.74, 6) is 0.305. The molecule has 0 bridgehead atoms. The van der Waals surface area contributed by atoms with Gasteiger partial charge in [-0.3, -0.25) is 9.59 Å². The first-order chi connectivity index (χ1) is 10.2. The zero-order chi connectivity index (χ0) is 15.7. The van der Waals surface area contributed by atoms with Crippen molar-refractivity contribution in [2.24, 2.45) is 5.92 Å². The highest BCUT2D eigenvalue weighted by Crippen LogP contribution is 2.21. The number of benzene rings is 1. The Balaban J connectivity index is 0.00000106. The average Bonchev–Trinajstić information content (AvgIpc) is 2.55. The van der Waals surface area contributed by atoms with E-state index in [1.165, 1.54) is 7.11 Å². The summed E-state index contributed by atoms with van der Waals surface area (Å²) in [6, 6.07) is 9.65. The molecule has 1 aliphatic rings. The van der Waals surface area contributed by atoms with Gasteiger partial charge in [0.2, 0.25) is 0 Å². The van der Waals surface area contributed by atoms with Crippen LogP contribution >= 0.6 is 15.9 Å². The lowest BCUT2D eigenvalue weighted by molar-refractivity contribution is -0.158. The molecule has 2 atom stereocenters. The zero-order valence-electron chi connectivity index (χ0n) is 12.1. The Bertz CT molecular complexity index is 476. The first kappa shape index (κ1) is 17.6. The Hall–Kier alpha value is -1.46. The molecule has 0 spiro atoms. The summed E-state index contributed by atoms with van der Waals surface area (Å²) in [4.78, 5) is 23.4. The maximum absolute atomic E-state index is 11.8. The molecule has 1 aromatic carbocycles. The van der Waals surface area contributed by atoms with Crippen LogP contribution < -0.4 is 0 Å². The van der Waals surface area contributed by atoms with E-state index in [9.17, 15) is 9.59 Å². The van der Waals surface area contributed by atoms with Gasteiger partial charge in [0.1, 0.15) is 5.92 Å². The van der Waals surface area contributed by atoms with Crippen molar-refractivity contribution >= 4 is 33.8 Å². The Morgan fingerprint density at radius 2 is 2.00 bits per heavy atom. The van der Waals surface area contributed by atoms with Crippen LogP contribution in [0, 0.1) is 5.92 Å². The summed E-state index contributed by atoms with van der Waals surface area (Å²) < 4.78 is 10.2. The summed E-state index contributed by atoms with van der Waals surface area (Å²) in [5, 5.41) is 0. The van der Waals surface area contributed by atoms with Gasteiger partial charge in [0.25, 0.3) is 0 Å². The minimum absolute atomic E-state index is 0.124. The van der Waals surface area contributed by atoms with E-state index in [1.54, 1.807) is 6.08 Å². The van der Waals surface area contributed by atoms with Gasteiger partial charge in [-0.15, -0.1) is 0 Å². The molecule has 0 radical (unpaired) electrons. The van der Waals surface area contributed by atoms with E-state index in [0.717, 1.165) is 5.56 Å². The fourth-order valence-electron chi connectivity index (χ4n) is 2.06. The van der Waals surface area contributed by atoms with Gasteiger partial charge in [0, 0.05) is 6.42 Å². The predicted octanol–water partition coefficient (Wildman–Crippen LogP) is 2.86. The van der Waals surface area contributed by atoms with Crippen LogP contribution in [0.3, 0.4) is 0 Å². The lowest BCUT2D eigenvalue weighted by atomic mass is 9.92. The van der Waals surface area contributed by atoms with E-state index in [0.29, 0.717) is 6.61 Å². The van der Waals surface area contributed by atoms with Crippen LogP contribution in [0.5, 0.6) is 0 Å². The van der Waals surface area contributed by atoms with Gasteiger partial charge >= 0.3 is 5.97 Å². The molecule has 1 fully saturated rings. The number of rotatable bonds is 3. The van der Waals surface area contributed by atoms with Crippen LogP contribution in [0.1, 0.15) is 12.0 Å². The number of esters is 1. The van der Waals surface area contributed by atoms with E-state index in [2.05, 4.69) is 20.7 Å². The van der Waals surface area contributed by atoms with Gasteiger partial charge in [-0.1, -0.05) is 58.4 Å². The summed E-state index contributed by atoms with van der Waals surface area (Å²) in [5.41, 5.74) is 0.993. The van der Waals surface area contributed by atoms with E-state index in [-0.39, 0.29) is 12.2 Å². The van der Waals surface area contributed by atoms with E-state index >= 15 is 0 Å². The highest BCUT2D eigenvalue weighted by atomic mass is 79.9. The standard InChI is InChI=1S/C15H16O4.CH3Br/c1-18-15(17)14-12(16)9-10-19-13(14)8-7-11-5-3-2-4-6-11;1-2/h2-8,13-14H,9-10H2,1H3;1H3/b8-7+;/t13-,14+;/m1./s1. The summed E-state index contributed by atoms with van der Waals surface area (Å²) in [6.07, 6.45) is 3.30. The van der Waals surface area contributed by atoms with Crippen LogP contribution in [0.2, 0.25) is 0 Å². The Morgan fingerprint density at radius 1 is 1.33 bits per heavy atom. The number of carbonyl (C=O) groups is 2. The van der Waals surface area contributed by atoms with Gasteiger partial charge in [-0.2, -0.15) is 0 Å². The third-order valence-electron chi connectivity index (χ3n) is 3.07. The maximum Gasteiger partial charge on any atom is 0.319 e. The van der Waals surface area contributed by atoms with Crippen molar-refractivity contribution in [2.45, 2.75) is 12.5 Å². The fourth-order valence-corrected chi connectivity index (χ4v) is 2.06. The number of ether oxygens (including phenoxy) is 2. The zero-order valence-corrected chi connectivity index (χ0v) is 13.7. The smallest absolute Gasteiger partial charge is 0.319 e. The summed E-state index contributed by atoms with van der Waals surface area (Å²) in [6.45, 7) is 0.343. The van der Waals surface area contributed by atoms with Gasteiger partial charge in [-0.25, -0.2) is 0 Å². The number of carbonyl (C=O) groups excluding carboxylic acids is 2. The first-order valence-corrected chi connectivity index (χ1v) is 8.14. The molecule has 4 nitrogen and oxygen atoms in total. The first-order valence-electron chi connectivity index (χ1n) is 6.55. The second-order valence-electron chi connectivity index (χ2n) is 4.32. The van der Waals surface area contributed by atoms with Crippen LogP contribution in [-0.4, -0.2) is 37.4 Å². The van der Waals surface area contributed by atoms with Gasteiger partial charge in [0.05, 0.1) is 19.8 Å². The fraction of sp³-hybridized carbons (Fsp3) is 0.375. The van der Waals surface area contributed by atoms with Crippen molar-refractivity contribution < 1.29 is 19.1 Å². The molecule has 2 rings (SSSR count). The monoisotopic (exact) mass is 354 g/mol. The van der Waals surface area contributed by atoms with Crippen molar-refractivity contribution in [2.75, 3.05) is 19.5 Å². The molecule has 1 saturated heterocycles. The third-order valence-corrected chi connectivity index (χ3v) is 3.07. The molecule has 0 aliphatic carbocycles. The molecular formula is C16H19BrO4. The Morgan fingerprint density at radius 3 is 2.62 bits per heavy atom. The van der Waals surface area contributed by atoms with Crippen LogP contribution in [0.4, 0.5) is 0 Å². The molecule has 1 aromatic rings. The van der Waals surface area contributed by atoms with Gasteiger partial charge in [0.15, 0.2) is 5.78 Å². The number of halogens is 1. The second-order valence-corrected chi connectivity index (χ2v) is 4.32. The molecule has 0 unspecified atom stereocenters. The molecule has 0 N–H and O–H groups in total. The van der Waals surface area contributed by atoms with Crippen molar-refractivity contribution in [3.8, 4) is 0 Å². The molecule has 1 aliphatic heterocycles. The molecule has 0 saturated carbocycles.